The van der Waals surface area contributed by atoms with Gasteiger partial charge in [-0.25, -0.2) is 0 Å². The second kappa shape index (κ2) is 10.1. The summed E-state index contributed by atoms with van der Waals surface area (Å²) in [7, 11) is 0. The van der Waals surface area contributed by atoms with Crippen molar-refractivity contribution >= 4 is 11.7 Å². The highest BCUT2D eigenvalue weighted by molar-refractivity contribution is 5.98. The highest BCUT2D eigenvalue weighted by atomic mass is 16.3. The Labute approximate surface area is 195 Å². The number of phenols is 1. The molecule has 0 aliphatic carbocycles. The van der Waals surface area contributed by atoms with Gasteiger partial charge in [0.2, 0.25) is 0 Å². The van der Waals surface area contributed by atoms with E-state index in [9.17, 15) is 9.90 Å². The summed E-state index contributed by atoms with van der Waals surface area (Å²) in [6.07, 6.45) is 4.47. The van der Waals surface area contributed by atoms with Crippen LogP contribution in [0.3, 0.4) is 0 Å². The van der Waals surface area contributed by atoms with E-state index >= 15 is 0 Å². The summed E-state index contributed by atoms with van der Waals surface area (Å²) in [5.41, 5.74) is 11.8. The molecule has 33 heavy (non-hydrogen) atoms. The van der Waals surface area contributed by atoms with Crippen LogP contribution in [0.25, 0.3) is 0 Å². The molecule has 0 spiro atoms. The Kier molecular flexibility index (Phi) is 6.99. The molecule has 0 saturated carbocycles. The van der Waals surface area contributed by atoms with Crippen molar-refractivity contribution in [2.45, 2.75) is 52.6 Å². The zero-order valence-corrected chi connectivity index (χ0v) is 19.4. The quantitative estimate of drug-likeness (QED) is 0.417. The molecule has 174 valence electrons. The number of nitrogens with one attached hydrogen (secondary N) is 2. The predicted octanol–water partition coefficient (Wildman–Crippen LogP) is 4.02. The number of carbonyl (C=O) groups is 1. The topological polar surface area (TPSA) is 107 Å². The summed E-state index contributed by atoms with van der Waals surface area (Å²) in [6.45, 7) is 7.54. The van der Waals surface area contributed by atoms with E-state index < -0.39 is 5.91 Å². The molecule has 0 radical (unpaired) electrons. The second-order valence-electron chi connectivity index (χ2n) is 9.05. The normalized spacial score (nSPS) is 14.4. The third-order valence-corrected chi connectivity index (χ3v) is 6.36. The molecule has 0 bridgehead atoms. The number of anilines is 1. The standard InChI is InChI=1S/C26H33N5O2/c1-17-12-21(13-18(2)24(17)32)15-28-26-23(25(27)33)22(29-30-26)14-19-6-8-20(9-7-19)16-31-10-4-3-5-11-31/h6-9,12-13,32H,3-5,10-11,14-16H2,1-2H3,(H2,27,33)(H2,28,29,30). The van der Waals surface area contributed by atoms with Gasteiger partial charge in [0.15, 0.2) is 5.82 Å². The number of likely N-dealkylation sites (tertiary alicyclic amines) is 1. The molecule has 0 unspecified atom stereocenters. The maximum atomic E-state index is 12.2. The van der Waals surface area contributed by atoms with Gasteiger partial charge in [-0.15, -0.1) is 0 Å². The first kappa shape index (κ1) is 22.9. The fraction of sp³-hybridized carbons (Fsp3) is 0.385. The number of nitrogens with zero attached hydrogens (tertiary/aromatic N) is 2. The number of hydrogen-bond acceptors (Lipinski definition) is 5. The summed E-state index contributed by atoms with van der Waals surface area (Å²) in [5.74, 6) is 0.240. The van der Waals surface area contributed by atoms with Gasteiger partial charge in [0.1, 0.15) is 11.3 Å². The molecule has 0 atom stereocenters. The molecule has 1 aliphatic rings. The largest absolute Gasteiger partial charge is 0.507 e. The van der Waals surface area contributed by atoms with Crippen molar-refractivity contribution in [2.75, 3.05) is 18.4 Å². The number of piperidine rings is 1. The fourth-order valence-corrected chi connectivity index (χ4v) is 4.58. The van der Waals surface area contributed by atoms with Crippen molar-refractivity contribution in [3.8, 4) is 5.75 Å². The summed E-state index contributed by atoms with van der Waals surface area (Å²) >= 11 is 0. The Morgan fingerprint density at radius 1 is 1.06 bits per heavy atom. The van der Waals surface area contributed by atoms with Crippen molar-refractivity contribution < 1.29 is 9.90 Å². The van der Waals surface area contributed by atoms with Gasteiger partial charge in [-0.05, 0) is 67.6 Å². The summed E-state index contributed by atoms with van der Waals surface area (Å²) in [5, 5.41) is 20.5. The Morgan fingerprint density at radius 2 is 1.70 bits per heavy atom. The number of rotatable bonds is 8. The lowest BCUT2D eigenvalue weighted by molar-refractivity contribution is 0.100. The summed E-state index contributed by atoms with van der Waals surface area (Å²) in [4.78, 5) is 14.7. The minimum Gasteiger partial charge on any atom is -0.507 e. The van der Waals surface area contributed by atoms with E-state index in [2.05, 4.69) is 44.7 Å². The van der Waals surface area contributed by atoms with Crippen molar-refractivity contribution in [2.24, 2.45) is 5.73 Å². The van der Waals surface area contributed by atoms with E-state index in [4.69, 9.17) is 5.73 Å². The number of H-pyrrole nitrogens is 1. The van der Waals surface area contributed by atoms with Gasteiger partial charge in [-0.1, -0.05) is 42.8 Å². The number of aryl methyl sites for hydroxylation is 2. The molecular formula is C26H33N5O2. The van der Waals surface area contributed by atoms with Crippen LogP contribution < -0.4 is 11.1 Å². The minimum absolute atomic E-state index is 0.306. The molecule has 3 aromatic rings. The summed E-state index contributed by atoms with van der Waals surface area (Å²) in [6, 6.07) is 12.4. The molecule has 1 saturated heterocycles. The lowest BCUT2D eigenvalue weighted by Gasteiger charge is -2.26. The highest BCUT2D eigenvalue weighted by Gasteiger charge is 2.19. The van der Waals surface area contributed by atoms with Gasteiger partial charge in [-0.2, -0.15) is 5.10 Å². The van der Waals surface area contributed by atoms with E-state index in [0.29, 0.717) is 35.8 Å². The summed E-state index contributed by atoms with van der Waals surface area (Å²) < 4.78 is 0. The number of carbonyl (C=O) groups excluding carboxylic acids is 1. The van der Waals surface area contributed by atoms with Gasteiger partial charge < -0.3 is 16.2 Å². The van der Waals surface area contributed by atoms with Gasteiger partial charge >= 0.3 is 0 Å². The number of amides is 1. The van der Waals surface area contributed by atoms with Crippen molar-refractivity contribution in [1.29, 1.82) is 0 Å². The van der Waals surface area contributed by atoms with Crippen LogP contribution >= 0.6 is 0 Å². The van der Waals surface area contributed by atoms with Crippen LogP contribution in [0.4, 0.5) is 5.82 Å². The zero-order chi connectivity index (χ0) is 23.4. The van der Waals surface area contributed by atoms with Gasteiger partial charge in [-0.3, -0.25) is 14.8 Å². The third kappa shape index (κ3) is 5.54. The number of nitrogens with two attached hydrogens (primary N) is 1. The van der Waals surface area contributed by atoms with Crippen LogP contribution in [-0.2, 0) is 19.5 Å². The van der Waals surface area contributed by atoms with E-state index in [1.54, 1.807) is 0 Å². The van der Waals surface area contributed by atoms with Gasteiger partial charge in [0.05, 0.1) is 5.69 Å². The molecule has 1 fully saturated rings. The molecular weight excluding hydrogens is 414 g/mol. The zero-order valence-electron chi connectivity index (χ0n) is 19.4. The van der Waals surface area contributed by atoms with Crippen LogP contribution in [0.15, 0.2) is 36.4 Å². The highest BCUT2D eigenvalue weighted by Crippen LogP contribution is 2.25. The van der Waals surface area contributed by atoms with Crippen molar-refractivity contribution in [1.82, 2.24) is 15.1 Å². The Hall–Kier alpha value is -3.32. The number of primary amides is 1. The second-order valence-corrected chi connectivity index (χ2v) is 9.05. The fourth-order valence-electron chi connectivity index (χ4n) is 4.58. The van der Waals surface area contributed by atoms with E-state index in [-0.39, 0.29) is 0 Å². The average molecular weight is 448 g/mol. The first-order valence-electron chi connectivity index (χ1n) is 11.6. The Morgan fingerprint density at radius 3 is 2.33 bits per heavy atom. The van der Waals surface area contributed by atoms with Gasteiger partial charge in [0.25, 0.3) is 5.91 Å². The smallest absolute Gasteiger partial charge is 0.254 e. The van der Waals surface area contributed by atoms with Crippen molar-refractivity contribution in [3.63, 3.8) is 0 Å². The van der Waals surface area contributed by atoms with Crippen LogP contribution in [0.2, 0.25) is 0 Å². The molecule has 1 aliphatic heterocycles. The molecule has 1 aromatic heterocycles. The molecule has 1 amide bonds. The monoisotopic (exact) mass is 447 g/mol. The molecule has 2 aromatic carbocycles. The van der Waals surface area contributed by atoms with Crippen LogP contribution in [0, 0.1) is 13.8 Å². The number of aromatic nitrogens is 2. The third-order valence-electron chi connectivity index (χ3n) is 6.36. The maximum Gasteiger partial charge on any atom is 0.254 e. The SMILES string of the molecule is Cc1cc(CNc2n[nH]c(Cc3ccc(CN4CCCCC4)cc3)c2C(N)=O)cc(C)c1O. The first-order chi connectivity index (χ1) is 15.9. The molecule has 5 N–H and O–H groups in total. The average Bonchev–Trinajstić information content (AvgIpc) is 3.20. The maximum absolute atomic E-state index is 12.2. The lowest BCUT2D eigenvalue weighted by atomic mass is 10.0. The molecule has 7 heteroatoms. The van der Waals surface area contributed by atoms with E-state index in [1.807, 2.05) is 26.0 Å². The molecule has 7 nitrogen and oxygen atoms in total. The van der Waals surface area contributed by atoms with E-state index in [1.165, 1.54) is 37.9 Å². The predicted molar refractivity (Wildman–Crippen MR) is 130 cm³/mol. The minimum atomic E-state index is -0.513. The van der Waals surface area contributed by atoms with E-state index in [0.717, 1.165) is 28.8 Å². The van der Waals surface area contributed by atoms with Crippen LogP contribution in [0.1, 0.15) is 63.1 Å². The number of phenolic OH excluding ortho intramolecular Hbond substituents is 1. The Bertz CT molecular complexity index is 1090. The van der Waals surface area contributed by atoms with Gasteiger partial charge in [0, 0.05) is 19.5 Å². The van der Waals surface area contributed by atoms with Crippen molar-refractivity contribution in [3.05, 3.63) is 75.5 Å². The first-order valence-corrected chi connectivity index (χ1v) is 11.6. The lowest BCUT2D eigenvalue weighted by Crippen LogP contribution is -2.29. The van der Waals surface area contributed by atoms with Crippen LogP contribution in [-0.4, -0.2) is 39.2 Å². The Balaban J connectivity index is 1.43. The number of benzene rings is 2. The number of aromatic amines is 1. The number of hydrogen-bond donors (Lipinski definition) is 4. The molecule has 4 rings (SSSR count). The number of aromatic hydroxyl groups is 1. The van der Waals surface area contributed by atoms with Crippen LogP contribution in [0.5, 0.6) is 5.75 Å². The molecule has 2 heterocycles.